The van der Waals surface area contributed by atoms with E-state index in [0.717, 1.165) is 45.6 Å². The van der Waals surface area contributed by atoms with Crippen LogP contribution in [0.3, 0.4) is 0 Å². The first-order valence-corrected chi connectivity index (χ1v) is 14.3. The van der Waals surface area contributed by atoms with Gasteiger partial charge in [-0.3, -0.25) is 0 Å². The number of fused-ring (bicyclic) bond motifs is 2. The van der Waals surface area contributed by atoms with E-state index in [4.69, 9.17) is 4.99 Å². The second kappa shape index (κ2) is 6.97. The molecule has 0 radical (unpaired) electrons. The molecule has 1 aromatic heterocycles. The van der Waals surface area contributed by atoms with E-state index in [1.165, 1.54) is 0 Å². The van der Waals surface area contributed by atoms with Crippen LogP contribution in [0.2, 0.25) is 12.6 Å². The van der Waals surface area contributed by atoms with Crippen molar-refractivity contribution < 1.29 is 9.90 Å². The first-order chi connectivity index (χ1) is 12.8. The first-order valence-electron chi connectivity index (χ1n) is 8.31. The van der Waals surface area contributed by atoms with Crippen molar-refractivity contribution >= 4 is 76.8 Å². The average molecular weight is 568 g/mol. The molecule has 0 spiro atoms. The molecule has 1 aliphatic heterocycles. The van der Waals surface area contributed by atoms with Gasteiger partial charge in [-0.2, -0.15) is 0 Å². The number of benzene rings is 1. The minimum absolute atomic E-state index is 0.00616. The predicted molar refractivity (Wildman–Crippen MR) is 121 cm³/mol. The molecule has 3 nitrogen and oxygen atoms in total. The monoisotopic (exact) mass is 567 g/mol. The zero-order valence-electron chi connectivity index (χ0n) is 14.4. The van der Waals surface area contributed by atoms with E-state index < -0.39 is 8.07 Å². The molecule has 2 heterocycles. The second-order valence-corrected chi connectivity index (χ2v) is 15.8. The molecule has 0 bridgehead atoms. The third-order valence-electron chi connectivity index (χ3n) is 4.96. The van der Waals surface area contributed by atoms with Gasteiger partial charge in [0.2, 0.25) is 0 Å². The van der Waals surface area contributed by atoms with Crippen molar-refractivity contribution in [3.8, 4) is 15.8 Å². The Bertz CT molecular complexity index is 1080. The van der Waals surface area contributed by atoms with Gasteiger partial charge in [-0.1, -0.05) is 0 Å². The van der Waals surface area contributed by atoms with E-state index in [-0.39, 0.29) is 26.0 Å². The number of hydrogen-bond acceptors (Lipinski definition) is 3. The number of carbonyl (C=O) groups is 1. The number of phenolic OH excluding ortho intramolecular Hbond substituents is 1. The summed E-state index contributed by atoms with van der Waals surface area (Å²) in [5, 5.41) is 12.9. The topological polar surface area (TPSA) is 49.7 Å². The van der Waals surface area contributed by atoms with Crippen LogP contribution in [0.1, 0.15) is 0 Å². The van der Waals surface area contributed by atoms with Crippen LogP contribution in [-0.2, 0) is 4.79 Å². The molecule has 1 atom stereocenters. The van der Waals surface area contributed by atoms with Crippen molar-refractivity contribution in [1.82, 2.24) is 0 Å². The number of aliphatic imine (C=N–C) groups is 1. The zero-order valence-corrected chi connectivity index (χ0v) is 20.3. The van der Waals surface area contributed by atoms with E-state index in [2.05, 4.69) is 51.1 Å². The summed E-state index contributed by atoms with van der Waals surface area (Å²) in [4.78, 5) is 16.9. The summed E-state index contributed by atoms with van der Waals surface area (Å²) in [5.74, 6) is 0.262. The van der Waals surface area contributed by atoms with E-state index >= 15 is 0 Å². The molecule has 7 heteroatoms. The minimum atomic E-state index is -2.35. The summed E-state index contributed by atoms with van der Waals surface area (Å²) in [7, 11) is -2.35. The Kier molecular flexibility index (Phi) is 4.93. The van der Waals surface area contributed by atoms with Crippen LogP contribution in [0, 0.1) is 0 Å². The number of hydrogen-bond donors (Lipinski definition) is 1. The van der Waals surface area contributed by atoms with Gasteiger partial charge < -0.3 is 0 Å². The van der Waals surface area contributed by atoms with E-state index in [0.29, 0.717) is 0 Å². The quantitative estimate of drug-likeness (QED) is 0.329. The third kappa shape index (κ3) is 3.06. The number of allylic oxidation sites excluding steroid dienone is 5. The molecule has 1 aliphatic carbocycles. The first kappa shape index (κ1) is 19.1. The van der Waals surface area contributed by atoms with Crippen molar-refractivity contribution in [2.45, 2.75) is 12.6 Å². The molecule has 4 rings (SSSR count). The third-order valence-corrected chi connectivity index (χ3v) is 14.3. The molecule has 0 fully saturated rings. The Balaban J connectivity index is 2.09. The van der Waals surface area contributed by atoms with Gasteiger partial charge in [0.15, 0.2) is 0 Å². The number of rotatable bonds is 3. The molecule has 0 saturated carbocycles. The van der Waals surface area contributed by atoms with Crippen LogP contribution >= 0.6 is 31.9 Å². The maximum atomic E-state index is 12.1. The molecule has 1 unspecified atom stereocenters. The van der Waals surface area contributed by atoms with Crippen LogP contribution < -0.4 is 5.19 Å². The van der Waals surface area contributed by atoms with Crippen molar-refractivity contribution in [3.63, 3.8) is 0 Å². The van der Waals surface area contributed by atoms with Crippen molar-refractivity contribution in [1.29, 1.82) is 0 Å². The molecule has 2 aromatic rings. The Morgan fingerprint density at radius 1 is 1.33 bits per heavy atom. The molecular weight excluding hydrogens is 553 g/mol. The Hall–Kier alpha value is -1.24. The standard InChI is InChI=1S/C20H15Br2NO2SeSi/c1-3-8-27(2)17-9-11(24)4-5-13(17)23-14-6-7-15(25)18(19(14)27)16-10-12(21)20(22)26-16/h3-7,9-10,25H,1,8H2,2H3. The van der Waals surface area contributed by atoms with Crippen LogP contribution in [0.4, 0.5) is 5.69 Å². The average Bonchev–Trinajstić information content (AvgIpc) is 2.95. The molecule has 136 valence electrons. The van der Waals surface area contributed by atoms with Gasteiger partial charge in [-0.25, -0.2) is 0 Å². The van der Waals surface area contributed by atoms with Gasteiger partial charge in [0.25, 0.3) is 0 Å². The fraction of sp³-hybridized carbons (Fsp3) is 0.100. The molecule has 27 heavy (non-hydrogen) atoms. The van der Waals surface area contributed by atoms with Crippen molar-refractivity contribution in [3.05, 3.63) is 62.1 Å². The van der Waals surface area contributed by atoms with E-state index in [1.807, 2.05) is 18.2 Å². The van der Waals surface area contributed by atoms with Crippen molar-refractivity contribution in [2.24, 2.45) is 4.99 Å². The number of nitrogens with zero attached hydrogens (tertiary/aromatic N) is 1. The molecule has 2 aliphatic rings. The zero-order chi connectivity index (χ0) is 19.3. The number of ketones is 1. The number of halogens is 2. The van der Waals surface area contributed by atoms with Gasteiger partial charge in [-0.15, -0.1) is 0 Å². The van der Waals surface area contributed by atoms with Crippen LogP contribution in [0.25, 0.3) is 10.0 Å². The van der Waals surface area contributed by atoms with Crippen LogP contribution in [0.5, 0.6) is 5.75 Å². The summed E-state index contributed by atoms with van der Waals surface area (Å²) in [6.07, 6.45) is 7.03. The van der Waals surface area contributed by atoms with Gasteiger partial charge in [0, 0.05) is 0 Å². The van der Waals surface area contributed by atoms with Crippen LogP contribution in [-0.4, -0.2) is 39.2 Å². The summed E-state index contributed by atoms with van der Waals surface area (Å²) in [5.41, 5.74) is 2.63. The van der Waals surface area contributed by atoms with Gasteiger partial charge in [0.05, 0.1) is 0 Å². The Morgan fingerprint density at radius 3 is 2.78 bits per heavy atom. The summed E-state index contributed by atoms with van der Waals surface area (Å²) in [6, 6.07) is 6.46. The van der Waals surface area contributed by atoms with Gasteiger partial charge in [0.1, 0.15) is 0 Å². The number of aromatic hydroxyl groups is 1. The van der Waals surface area contributed by atoms with Crippen molar-refractivity contribution in [2.75, 3.05) is 0 Å². The fourth-order valence-corrected chi connectivity index (χ4v) is 11.7. The van der Waals surface area contributed by atoms with E-state index in [9.17, 15) is 9.90 Å². The molecular formula is C20H15Br2NO2SeSi. The number of phenols is 1. The molecule has 0 saturated heterocycles. The molecule has 0 amide bonds. The Morgan fingerprint density at radius 2 is 2.11 bits per heavy atom. The summed E-state index contributed by atoms with van der Waals surface area (Å²) < 4.78 is 3.23. The second-order valence-electron chi connectivity index (χ2n) is 6.70. The summed E-state index contributed by atoms with van der Waals surface area (Å²) >= 11 is 7.26. The Labute approximate surface area is 181 Å². The summed E-state index contributed by atoms with van der Waals surface area (Å²) in [6.45, 7) is 6.21. The maximum absolute atomic E-state index is 12.1. The van der Waals surface area contributed by atoms with Gasteiger partial charge >= 0.3 is 182 Å². The number of carbonyl (C=O) groups excluding carboxylic acids is 1. The van der Waals surface area contributed by atoms with Crippen LogP contribution in [0.15, 0.2) is 67.1 Å². The molecule has 1 N–H and O–H groups in total. The fourth-order valence-electron chi connectivity index (χ4n) is 3.77. The normalized spacial score (nSPS) is 20.6. The van der Waals surface area contributed by atoms with Gasteiger partial charge in [-0.05, 0) is 0 Å². The molecule has 1 aromatic carbocycles. The predicted octanol–water partition coefficient (Wildman–Crippen LogP) is 4.80. The van der Waals surface area contributed by atoms with E-state index in [1.54, 1.807) is 18.2 Å². The SMILES string of the molecule is C=CC[Si]1(C)C2=CC(=O)C=CC2=Nc2ccc(O)c(-c3cc(Br)c(Br)[se]3)c21.